The summed E-state index contributed by atoms with van der Waals surface area (Å²) in [4.78, 5) is 12.0. The molecule has 0 unspecified atom stereocenters. The minimum absolute atomic E-state index is 0.146. The van der Waals surface area contributed by atoms with E-state index in [4.69, 9.17) is 0 Å². The van der Waals surface area contributed by atoms with Crippen molar-refractivity contribution in [2.45, 2.75) is 91.9 Å². The Morgan fingerprint density at radius 1 is 0.875 bits per heavy atom. The van der Waals surface area contributed by atoms with Crippen molar-refractivity contribution in [3.63, 3.8) is 0 Å². The standard InChI is InChI=1S/C21H44N2O/c1-7-9-10-11-12-13-14-15-16-17-20(24)22-18-21(3,4)19-23(5,6)8-2/h7-19H2,1-6H3/p+1. The lowest BCUT2D eigenvalue weighted by Crippen LogP contribution is -2.49. The third-order valence-electron chi connectivity index (χ3n) is 4.98. The molecule has 0 aliphatic rings. The average molecular weight is 342 g/mol. The fraction of sp³-hybridized carbons (Fsp3) is 0.952. The molecular formula is C21H45N2O+. The Morgan fingerprint density at radius 3 is 1.88 bits per heavy atom. The maximum Gasteiger partial charge on any atom is 0.220 e. The van der Waals surface area contributed by atoms with E-state index in [2.05, 4.69) is 47.1 Å². The number of quaternary nitrogens is 1. The Kier molecular flexibility index (Phi) is 12.4. The molecule has 0 aliphatic carbocycles. The van der Waals surface area contributed by atoms with Gasteiger partial charge in [0.25, 0.3) is 0 Å². The van der Waals surface area contributed by atoms with Crippen LogP contribution in [0.5, 0.6) is 0 Å². The number of nitrogens with zero attached hydrogens (tertiary/aromatic N) is 1. The van der Waals surface area contributed by atoms with Crippen LogP contribution in [0.25, 0.3) is 0 Å². The maximum absolute atomic E-state index is 12.0. The van der Waals surface area contributed by atoms with Gasteiger partial charge in [0.05, 0.1) is 27.2 Å². The fourth-order valence-corrected chi connectivity index (χ4v) is 3.35. The van der Waals surface area contributed by atoms with Gasteiger partial charge in [0.2, 0.25) is 5.91 Å². The van der Waals surface area contributed by atoms with Crippen LogP contribution in [0.15, 0.2) is 0 Å². The summed E-state index contributed by atoms with van der Waals surface area (Å²) >= 11 is 0. The van der Waals surface area contributed by atoms with E-state index >= 15 is 0 Å². The summed E-state index contributed by atoms with van der Waals surface area (Å²) in [6.07, 6.45) is 12.4. The van der Waals surface area contributed by atoms with Crippen LogP contribution in [0.2, 0.25) is 0 Å². The molecule has 144 valence electrons. The lowest BCUT2D eigenvalue weighted by Gasteiger charge is -2.36. The van der Waals surface area contributed by atoms with Crippen molar-refractivity contribution < 1.29 is 9.28 Å². The van der Waals surface area contributed by atoms with Crippen molar-refractivity contribution in [3.05, 3.63) is 0 Å². The molecule has 0 fully saturated rings. The molecule has 0 saturated heterocycles. The van der Waals surface area contributed by atoms with Crippen molar-refractivity contribution in [1.29, 1.82) is 0 Å². The smallest absolute Gasteiger partial charge is 0.220 e. The van der Waals surface area contributed by atoms with Crippen molar-refractivity contribution in [2.75, 3.05) is 33.7 Å². The van der Waals surface area contributed by atoms with E-state index < -0.39 is 0 Å². The molecule has 0 aromatic rings. The van der Waals surface area contributed by atoms with Crippen molar-refractivity contribution in [1.82, 2.24) is 5.32 Å². The highest BCUT2D eigenvalue weighted by atomic mass is 16.1. The zero-order valence-corrected chi connectivity index (χ0v) is 17.5. The number of rotatable bonds is 15. The summed E-state index contributed by atoms with van der Waals surface area (Å²) < 4.78 is 1.00. The van der Waals surface area contributed by atoms with Gasteiger partial charge < -0.3 is 9.80 Å². The van der Waals surface area contributed by atoms with Gasteiger partial charge in [-0.05, 0) is 13.3 Å². The van der Waals surface area contributed by atoms with E-state index in [1.54, 1.807) is 0 Å². The van der Waals surface area contributed by atoms with Crippen molar-refractivity contribution in [3.8, 4) is 0 Å². The third kappa shape index (κ3) is 13.8. The van der Waals surface area contributed by atoms with Crippen LogP contribution in [-0.2, 0) is 4.79 Å². The first-order chi connectivity index (χ1) is 11.2. The molecule has 0 bridgehead atoms. The zero-order valence-electron chi connectivity index (χ0n) is 17.5. The van der Waals surface area contributed by atoms with E-state index in [1.807, 2.05) is 0 Å². The highest BCUT2D eigenvalue weighted by Gasteiger charge is 2.27. The lowest BCUT2D eigenvalue weighted by molar-refractivity contribution is -0.894. The SMILES string of the molecule is CCCCCCCCCCCC(=O)NCC(C)(C)C[N+](C)(C)CC. The Morgan fingerprint density at radius 2 is 1.38 bits per heavy atom. The van der Waals surface area contributed by atoms with Crippen LogP contribution >= 0.6 is 0 Å². The normalized spacial score (nSPS) is 12.4. The topological polar surface area (TPSA) is 29.1 Å². The predicted molar refractivity (Wildman–Crippen MR) is 106 cm³/mol. The second-order valence-electron chi connectivity index (χ2n) is 8.93. The van der Waals surface area contributed by atoms with E-state index in [0.717, 1.165) is 30.5 Å². The summed E-state index contributed by atoms with van der Waals surface area (Å²) in [6, 6.07) is 0. The molecule has 0 atom stereocenters. The molecule has 0 rings (SSSR count). The fourth-order valence-electron chi connectivity index (χ4n) is 3.35. The first-order valence-corrected chi connectivity index (χ1v) is 10.3. The first-order valence-electron chi connectivity index (χ1n) is 10.3. The average Bonchev–Trinajstić information content (AvgIpc) is 2.50. The molecule has 1 N–H and O–H groups in total. The van der Waals surface area contributed by atoms with Crippen LogP contribution in [0.1, 0.15) is 91.9 Å². The molecule has 0 heterocycles. The van der Waals surface area contributed by atoms with Crippen LogP contribution in [0.3, 0.4) is 0 Å². The minimum Gasteiger partial charge on any atom is -0.355 e. The molecule has 3 heteroatoms. The van der Waals surface area contributed by atoms with E-state index in [9.17, 15) is 4.79 Å². The number of carbonyl (C=O) groups excluding carboxylic acids is 1. The molecule has 3 nitrogen and oxygen atoms in total. The second-order valence-corrected chi connectivity index (χ2v) is 8.93. The van der Waals surface area contributed by atoms with Crippen LogP contribution < -0.4 is 5.32 Å². The Bertz CT molecular complexity index is 324. The van der Waals surface area contributed by atoms with E-state index in [0.29, 0.717) is 6.42 Å². The lowest BCUT2D eigenvalue weighted by atomic mass is 9.91. The van der Waals surface area contributed by atoms with Crippen LogP contribution in [0.4, 0.5) is 0 Å². The number of unbranched alkanes of at least 4 members (excludes halogenated alkanes) is 8. The highest BCUT2D eigenvalue weighted by Crippen LogP contribution is 2.18. The molecule has 0 saturated carbocycles. The van der Waals surface area contributed by atoms with Gasteiger partial charge in [-0.3, -0.25) is 4.79 Å². The summed E-state index contributed by atoms with van der Waals surface area (Å²) in [5.41, 5.74) is 0.146. The third-order valence-corrected chi connectivity index (χ3v) is 4.98. The largest absolute Gasteiger partial charge is 0.355 e. The van der Waals surface area contributed by atoms with Gasteiger partial charge in [0.1, 0.15) is 0 Å². The van der Waals surface area contributed by atoms with Gasteiger partial charge in [-0.1, -0.05) is 72.1 Å². The summed E-state index contributed by atoms with van der Waals surface area (Å²) in [7, 11) is 4.51. The number of nitrogens with one attached hydrogen (secondary N) is 1. The highest BCUT2D eigenvalue weighted by molar-refractivity contribution is 5.75. The molecular weight excluding hydrogens is 296 g/mol. The van der Waals surface area contributed by atoms with E-state index in [-0.39, 0.29) is 11.3 Å². The summed E-state index contributed by atoms with van der Waals surface area (Å²) in [6.45, 7) is 12.0. The molecule has 0 aromatic heterocycles. The number of carbonyl (C=O) groups is 1. The van der Waals surface area contributed by atoms with Crippen LogP contribution in [-0.4, -0.2) is 44.1 Å². The Hall–Kier alpha value is -0.570. The van der Waals surface area contributed by atoms with Gasteiger partial charge >= 0.3 is 0 Å². The Labute approximate surface area is 152 Å². The van der Waals surface area contributed by atoms with Gasteiger partial charge in [-0.15, -0.1) is 0 Å². The summed E-state index contributed by atoms with van der Waals surface area (Å²) in [5.74, 6) is 0.229. The number of amides is 1. The van der Waals surface area contributed by atoms with Crippen molar-refractivity contribution in [2.24, 2.45) is 5.41 Å². The quantitative estimate of drug-likeness (QED) is 0.324. The maximum atomic E-state index is 12.0. The molecule has 0 spiro atoms. The monoisotopic (exact) mass is 341 g/mol. The van der Waals surface area contributed by atoms with Gasteiger partial charge in [-0.2, -0.15) is 0 Å². The predicted octanol–water partition coefficient (Wildman–Crippen LogP) is 5.15. The molecule has 1 amide bonds. The minimum atomic E-state index is 0.146. The first kappa shape index (κ1) is 23.4. The van der Waals surface area contributed by atoms with E-state index in [1.165, 1.54) is 51.4 Å². The number of hydrogen-bond acceptors (Lipinski definition) is 1. The molecule has 0 aromatic carbocycles. The number of hydrogen-bond donors (Lipinski definition) is 1. The Balaban J connectivity index is 3.65. The molecule has 0 aliphatic heterocycles. The van der Waals surface area contributed by atoms with Gasteiger partial charge in [0.15, 0.2) is 0 Å². The molecule has 24 heavy (non-hydrogen) atoms. The molecule has 0 radical (unpaired) electrons. The summed E-state index contributed by atoms with van der Waals surface area (Å²) in [5, 5.41) is 3.15. The second kappa shape index (κ2) is 12.7. The van der Waals surface area contributed by atoms with Crippen LogP contribution in [0, 0.1) is 5.41 Å². The zero-order chi connectivity index (χ0) is 18.5. The van der Waals surface area contributed by atoms with Gasteiger partial charge in [0, 0.05) is 18.4 Å². The van der Waals surface area contributed by atoms with Gasteiger partial charge in [-0.25, -0.2) is 0 Å². The van der Waals surface area contributed by atoms with Crippen molar-refractivity contribution >= 4 is 5.91 Å².